The third-order valence-electron chi connectivity index (χ3n) is 2.36. The zero-order chi connectivity index (χ0) is 15.8. The van der Waals surface area contributed by atoms with Crippen LogP contribution in [-0.4, -0.2) is 44.9 Å². The Morgan fingerprint density at radius 3 is 1.05 bits per heavy atom. The predicted molar refractivity (Wildman–Crippen MR) is 71.5 cm³/mol. The van der Waals surface area contributed by atoms with Gasteiger partial charge < -0.3 is 20.4 Å². The SMILES string of the molecule is O=C(O)CCCCCCCCC(=O)O.O=C(O)CCO. The number of unbranched alkanes of at least 4 members (excludes halogenated alkanes) is 5. The second-order valence-electron chi connectivity index (χ2n) is 4.28. The van der Waals surface area contributed by atoms with Gasteiger partial charge in [0.15, 0.2) is 0 Å². The molecule has 118 valence electrons. The van der Waals surface area contributed by atoms with Gasteiger partial charge in [0.25, 0.3) is 0 Å². The van der Waals surface area contributed by atoms with Gasteiger partial charge in [-0.15, -0.1) is 0 Å². The molecule has 0 aliphatic heterocycles. The Labute approximate surface area is 118 Å². The first-order valence-corrected chi connectivity index (χ1v) is 6.66. The number of carboxylic acid groups (broad SMARTS) is 3. The Morgan fingerprint density at radius 2 is 0.850 bits per heavy atom. The van der Waals surface area contributed by atoms with Crippen LogP contribution in [-0.2, 0) is 14.4 Å². The van der Waals surface area contributed by atoms with Gasteiger partial charge in [-0.25, -0.2) is 0 Å². The number of aliphatic hydroxyl groups excluding tert-OH is 1. The number of aliphatic carboxylic acids is 3. The van der Waals surface area contributed by atoms with E-state index in [1.54, 1.807) is 0 Å². The van der Waals surface area contributed by atoms with Crippen molar-refractivity contribution in [1.82, 2.24) is 0 Å². The van der Waals surface area contributed by atoms with Gasteiger partial charge in [-0.05, 0) is 12.8 Å². The van der Waals surface area contributed by atoms with E-state index in [0.717, 1.165) is 38.5 Å². The average molecular weight is 292 g/mol. The van der Waals surface area contributed by atoms with Crippen LogP contribution in [0.15, 0.2) is 0 Å². The number of hydrogen-bond donors (Lipinski definition) is 4. The summed E-state index contributed by atoms with van der Waals surface area (Å²) < 4.78 is 0. The number of carbonyl (C=O) groups is 3. The van der Waals surface area contributed by atoms with Gasteiger partial charge in [0.2, 0.25) is 0 Å². The normalized spacial score (nSPS) is 9.45. The highest BCUT2D eigenvalue weighted by atomic mass is 16.4. The molecule has 20 heavy (non-hydrogen) atoms. The number of carboxylic acids is 3. The van der Waals surface area contributed by atoms with Crippen molar-refractivity contribution in [1.29, 1.82) is 0 Å². The van der Waals surface area contributed by atoms with Gasteiger partial charge in [0, 0.05) is 12.8 Å². The van der Waals surface area contributed by atoms with Crippen LogP contribution in [0.3, 0.4) is 0 Å². The molecule has 0 heterocycles. The first kappa shape index (κ1) is 20.7. The number of aliphatic hydroxyl groups is 1. The molecule has 0 spiro atoms. The number of rotatable bonds is 11. The fourth-order valence-electron chi connectivity index (χ4n) is 1.36. The minimum atomic E-state index is -0.961. The zero-order valence-electron chi connectivity index (χ0n) is 11.6. The van der Waals surface area contributed by atoms with Gasteiger partial charge in [0.1, 0.15) is 0 Å². The highest BCUT2D eigenvalue weighted by Crippen LogP contribution is 2.08. The molecule has 0 saturated carbocycles. The molecule has 0 fully saturated rings. The van der Waals surface area contributed by atoms with Crippen LogP contribution in [0.1, 0.15) is 57.8 Å². The lowest BCUT2D eigenvalue weighted by molar-refractivity contribution is -0.138. The van der Waals surface area contributed by atoms with E-state index in [-0.39, 0.29) is 25.9 Å². The molecule has 0 aromatic carbocycles. The Kier molecular flexibility index (Phi) is 16.0. The summed E-state index contributed by atoms with van der Waals surface area (Å²) in [6.45, 7) is -0.269. The molecule has 0 unspecified atom stereocenters. The second-order valence-corrected chi connectivity index (χ2v) is 4.28. The van der Waals surface area contributed by atoms with Gasteiger partial charge in [-0.1, -0.05) is 25.7 Å². The van der Waals surface area contributed by atoms with Crippen LogP contribution in [0.25, 0.3) is 0 Å². The Morgan fingerprint density at radius 1 is 0.550 bits per heavy atom. The molecule has 0 rings (SSSR count). The summed E-state index contributed by atoms with van der Waals surface area (Å²) in [5, 5.41) is 32.3. The lowest BCUT2D eigenvalue weighted by atomic mass is 10.1. The average Bonchev–Trinajstić information content (AvgIpc) is 2.32. The summed E-state index contributed by atoms with van der Waals surface area (Å²) in [5.41, 5.74) is 0. The van der Waals surface area contributed by atoms with Gasteiger partial charge in [-0.2, -0.15) is 0 Å². The van der Waals surface area contributed by atoms with Crippen LogP contribution < -0.4 is 0 Å². The first-order chi connectivity index (χ1) is 9.40. The minimum absolute atomic E-state index is 0.153. The van der Waals surface area contributed by atoms with Crippen molar-refractivity contribution < 1.29 is 34.8 Å². The van der Waals surface area contributed by atoms with Crippen molar-refractivity contribution in [2.45, 2.75) is 57.8 Å². The molecule has 0 atom stereocenters. The predicted octanol–water partition coefficient (Wildman–Crippen LogP) is 1.73. The van der Waals surface area contributed by atoms with Crippen LogP contribution in [0.5, 0.6) is 0 Å². The lowest BCUT2D eigenvalue weighted by Gasteiger charge is -1.98. The van der Waals surface area contributed by atoms with Crippen molar-refractivity contribution in [2.75, 3.05) is 6.61 Å². The highest BCUT2D eigenvalue weighted by molar-refractivity contribution is 5.67. The van der Waals surface area contributed by atoms with E-state index >= 15 is 0 Å². The van der Waals surface area contributed by atoms with Gasteiger partial charge in [0.05, 0.1) is 13.0 Å². The molecule has 0 radical (unpaired) electrons. The van der Waals surface area contributed by atoms with Crippen LogP contribution in [0.4, 0.5) is 0 Å². The largest absolute Gasteiger partial charge is 0.481 e. The maximum Gasteiger partial charge on any atom is 0.305 e. The molecule has 0 saturated heterocycles. The van der Waals surface area contributed by atoms with E-state index in [0.29, 0.717) is 0 Å². The summed E-state index contributed by atoms with van der Waals surface area (Å²) in [6.07, 6.45) is 5.67. The van der Waals surface area contributed by atoms with Crippen molar-refractivity contribution in [2.24, 2.45) is 0 Å². The Hall–Kier alpha value is -1.63. The molecule has 0 aromatic heterocycles. The monoisotopic (exact) mass is 292 g/mol. The highest BCUT2D eigenvalue weighted by Gasteiger charge is 1.98. The van der Waals surface area contributed by atoms with E-state index in [2.05, 4.69) is 0 Å². The fraction of sp³-hybridized carbons (Fsp3) is 0.769. The summed E-state index contributed by atoms with van der Waals surface area (Å²) in [7, 11) is 0. The molecular weight excluding hydrogens is 268 g/mol. The molecule has 7 nitrogen and oxygen atoms in total. The third kappa shape index (κ3) is 25.3. The van der Waals surface area contributed by atoms with Gasteiger partial charge in [-0.3, -0.25) is 14.4 Å². The molecule has 4 N–H and O–H groups in total. The van der Waals surface area contributed by atoms with E-state index in [1.165, 1.54) is 0 Å². The lowest BCUT2D eigenvalue weighted by Crippen LogP contribution is -1.96. The minimum Gasteiger partial charge on any atom is -0.481 e. The summed E-state index contributed by atoms with van der Waals surface area (Å²) >= 11 is 0. The smallest absolute Gasteiger partial charge is 0.305 e. The standard InChI is InChI=1S/C10H18O4.C3H6O3/c11-9(12)7-5-3-1-2-4-6-8-10(13)14;4-2-1-3(5)6/h1-8H2,(H,11,12)(H,13,14);4H,1-2H2,(H,5,6). The molecule has 0 aromatic rings. The Bertz CT molecular complexity index is 256. The molecule has 7 heteroatoms. The van der Waals surface area contributed by atoms with Crippen molar-refractivity contribution in [3.63, 3.8) is 0 Å². The summed E-state index contributed by atoms with van der Waals surface area (Å²) in [4.78, 5) is 29.7. The summed E-state index contributed by atoms with van der Waals surface area (Å²) in [6, 6.07) is 0. The zero-order valence-corrected chi connectivity index (χ0v) is 11.6. The van der Waals surface area contributed by atoms with Crippen molar-refractivity contribution in [3.8, 4) is 0 Å². The molecule has 0 aliphatic rings. The molecule has 0 aliphatic carbocycles. The van der Waals surface area contributed by atoms with E-state index in [4.69, 9.17) is 20.4 Å². The van der Waals surface area contributed by atoms with E-state index < -0.39 is 17.9 Å². The first-order valence-electron chi connectivity index (χ1n) is 6.66. The van der Waals surface area contributed by atoms with E-state index in [9.17, 15) is 14.4 Å². The van der Waals surface area contributed by atoms with E-state index in [1.807, 2.05) is 0 Å². The number of hydrogen-bond acceptors (Lipinski definition) is 4. The summed E-state index contributed by atoms with van der Waals surface area (Å²) in [5.74, 6) is -2.44. The Balaban J connectivity index is 0. The topological polar surface area (TPSA) is 132 Å². The molecule has 0 bridgehead atoms. The van der Waals surface area contributed by atoms with Gasteiger partial charge >= 0.3 is 17.9 Å². The van der Waals surface area contributed by atoms with Crippen LogP contribution >= 0.6 is 0 Å². The molecule has 0 amide bonds. The quantitative estimate of drug-likeness (QED) is 0.426. The fourth-order valence-corrected chi connectivity index (χ4v) is 1.36. The van der Waals surface area contributed by atoms with Crippen molar-refractivity contribution in [3.05, 3.63) is 0 Å². The maximum atomic E-state index is 10.1. The maximum absolute atomic E-state index is 10.1. The molecular formula is C13H24O7. The van der Waals surface area contributed by atoms with Crippen molar-refractivity contribution >= 4 is 17.9 Å². The van der Waals surface area contributed by atoms with Crippen LogP contribution in [0, 0.1) is 0 Å². The third-order valence-corrected chi connectivity index (χ3v) is 2.36. The van der Waals surface area contributed by atoms with Crippen LogP contribution in [0.2, 0.25) is 0 Å². The second kappa shape index (κ2) is 15.4.